The maximum absolute atomic E-state index is 14.5. The van der Waals surface area contributed by atoms with Gasteiger partial charge >= 0.3 is 0 Å². The highest BCUT2D eigenvalue weighted by atomic mass is 32.2. The molecule has 2 saturated heterocycles. The first-order valence-corrected chi connectivity index (χ1v) is 16.4. The van der Waals surface area contributed by atoms with Crippen LogP contribution in [0.1, 0.15) is 30.4 Å². The molecular formula is C30H30N6O5S3. The largest absolute Gasteiger partial charge is 0.497 e. The zero-order valence-electron chi connectivity index (χ0n) is 23.7. The second-order valence-electron chi connectivity index (χ2n) is 10.9. The van der Waals surface area contributed by atoms with E-state index in [0.717, 1.165) is 0 Å². The lowest BCUT2D eigenvalue weighted by Gasteiger charge is -2.48. The van der Waals surface area contributed by atoms with Gasteiger partial charge in [-0.05, 0) is 59.8 Å². The normalized spacial score (nSPS) is 25.8. The summed E-state index contributed by atoms with van der Waals surface area (Å²) in [5.41, 5.74) is 9.21. The van der Waals surface area contributed by atoms with E-state index in [1.165, 1.54) is 26.2 Å². The van der Waals surface area contributed by atoms with Crippen LogP contribution in [-0.2, 0) is 25.0 Å². The van der Waals surface area contributed by atoms with E-state index in [1.807, 2.05) is 24.3 Å². The highest BCUT2D eigenvalue weighted by molar-refractivity contribution is 7.93. The fourth-order valence-corrected chi connectivity index (χ4v) is 9.39. The van der Waals surface area contributed by atoms with Crippen LogP contribution in [0.5, 0.6) is 5.75 Å². The fraction of sp³-hybridized carbons (Fsp3) is 0.333. The third-order valence-corrected chi connectivity index (χ3v) is 11.5. The molecule has 0 aliphatic carbocycles. The first-order valence-electron chi connectivity index (χ1n) is 14.0. The molecule has 11 nitrogen and oxygen atoms in total. The molecule has 0 radical (unpaired) electrons. The van der Waals surface area contributed by atoms with Crippen LogP contribution in [-0.4, -0.2) is 66.6 Å². The molecular weight excluding hydrogens is 621 g/mol. The van der Waals surface area contributed by atoms with E-state index in [2.05, 4.69) is 22.7 Å². The number of thiol groups is 2. The van der Waals surface area contributed by atoms with Gasteiger partial charge in [-0.15, -0.1) is 25.3 Å². The number of piperazine rings is 1. The maximum Gasteiger partial charge on any atom is 0.266 e. The van der Waals surface area contributed by atoms with Crippen molar-refractivity contribution in [2.75, 3.05) is 24.5 Å². The lowest BCUT2D eigenvalue weighted by Crippen LogP contribution is -2.69. The number of hydrogen-bond donors (Lipinski definition) is 2. The van der Waals surface area contributed by atoms with Crippen LogP contribution in [0.15, 0.2) is 88.9 Å². The Hall–Kier alpha value is -3.84. The third kappa shape index (κ3) is 4.34. The van der Waals surface area contributed by atoms with Gasteiger partial charge in [-0.2, -0.15) is 0 Å². The number of nitrogens with zero attached hydrogens (tertiary/aromatic N) is 6. The van der Waals surface area contributed by atoms with E-state index in [-0.39, 0.29) is 24.4 Å². The van der Waals surface area contributed by atoms with Crippen LogP contribution >= 0.6 is 25.3 Å². The number of azide groups is 1. The average molecular weight is 651 g/mol. The summed E-state index contributed by atoms with van der Waals surface area (Å²) >= 11 is 9.56. The number of unbranched alkanes of at least 4 members (excludes halogenated alkanes) is 1. The Morgan fingerprint density at radius 2 is 1.70 bits per heavy atom. The number of carbonyl (C=O) groups is 2. The quantitative estimate of drug-likeness (QED) is 0.115. The van der Waals surface area contributed by atoms with Crippen molar-refractivity contribution in [1.29, 1.82) is 0 Å². The van der Waals surface area contributed by atoms with Crippen molar-refractivity contribution in [2.24, 2.45) is 5.11 Å². The Labute approximate surface area is 266 Å². The average Bonchev–Trinajstić information content (AvgIpc) is 3.48. The number of rotatable bonds is 9. The minimum absolute atomic E-state index is 0.0121. The van der Waals surface area contributed by atoms with E-state index in [9.17, 15) is 18.0 Å². The first kappa shape index (κ1) is 30.2. The molecule has 0 bridgehead atoms. The molecule has 3 aromatic carbocycles. The Morgan fingerprint density at radius 1 is 1.02 bits per heavy atom. The Kier molecular flexibility index (Phi) is 7.73. The molecule has 3 aliphatic rings. The van der Waals surface area contributed by atoms with Gasteiger partial charge in [0.05, 0.1) is 23.1 Å². The molecule has 228 valence electrons. The summed E-state index contributed by atoms with van der Waals surface area (Å²) < 4.78 is 35.8. The predicted molar refractivity (Wildman–Crippen MR) is 171 cm³/mol. The lowest BCUT2D eigenvalue weighted by atomic mass is 9.72. The van der Waals surface area contributed by atoms with Crippen molar-refractivity contribution < 1.29 is 22.7 Å². The Morgan fingerprint density at radius 3 is 2.39 bits per heavy atom. The van der Waals surface area contributed by atoms with Gasteiger partial charge in [0.25, 0.3) is 21.8 Å². The topological polar surface area (TPSA) is 136 Å². The van der Waals surface area contributed by atoms with E-state index >= 15 is 0 Å². The number of fused-ring (bicyclic) bond motifs is 5. The van der Waals surface area contributed by atoms with Crippen molar-refractivity contribution in [2.45, 2.75) is 46.0 Å². The number of carbonyl (C=O) groups excluding carboxylic acids is 2. The van der Waals surface area contributed by atoms with Gasteiger partial charge in [0.15, 0.2) is 10.2 Å². The summed E-state index contributed by atoms with van der Waals surface area (Å²) in [6, 6.07) is 22.4. The molecule has 0 saturated carbocycles. The van der Waals surface area contributed by atoms with Gasteiger partial charge in [-0.25, -0.2) is 12.7 Å². The third-order valence-electron chi connectivity index (χ3n) is 8.69. The molecule has 3 aliphatic heterocycles. The molecule has 2 amide bonds. The number of sulfonamides is 1. The number of anilines is 1. The lowest BCUT2D eigenvalue weighted by molar-refractivity contribution is -0.159. The van der Waals surface area contributed by atoms with Crippen LogP contribution in [0.3, 0.4) is 0 Å². The van der Waals surface area contributed by atoms with Crippen molar-refractivity contribution in [1.82, 2.24) is 9.80 Å². The first-order chi connectivity index (χ1) is 21.1. The second-order valence-corrected chi connectivity index (χ2v) is 14.0. The Balaban J connectivity index is 1.56. The summed E-state index contributed by atoms with van der Waals surface area (Å²) in [5.74, 6) is -0.368. The van der Waals surface area contributed by atoms with Crippen molar-refractivity contribution in [3.63, 3.8) is 0 Å². The van der Waals surface area contributed by atoms with Gasteiger partial charge in [-0.3, -0.25) is 14.5 Å². The summed E-state index contributed by atoms with van der Waals surface area (Å²) in [6.45, 7) is 0.451. The van der Waals surface area contributed by atoms with Crippen LogP contribution in [0.2, 0.25) is 0 Å². The molecule has 0 unspecified atom stereocenters. The number of amides is 2. The summed E-state index contributed by atoms with van der Waals surface area (Å²) in [7, 11) is -2.69. The SMILES string of the molecule is COc1ccc([C@]23C[C@]4(S)C(=O)N(CCCCN=[N+]=[N-])[C@@H](S)C(=O)N4[C@H]2N(S(=O)(=O)c2ccccc2)c2ccccc23)cc1. The molecule has 3 aromatic rings. The van der Waals surface area contributed by atoms with E-state index in [1.54, 1.807) is 49.6 Å². The molecule has 0 aromatic heterocycles. The number of benzene rings is 3. The number of para-hydroxylation sites is 1. The molecule has 44 heavy (non-hydrogen) atoms. The molecule has 4 atom stereocenters. The highest BCUT2D eigenvalue weighted by Gasteiger charge is 2.73. The predicted octanol–water partition coefficient (Wildman–Crippen LogP) is 4.56. The molecule has 0 N–H and O–H groups in total. The highest BCUT2D eigenvalue weighted by Crippen LogP contribution is 2.63. The van der Waals surface area contributed by atoms with Gasteiger partial charge < -0.3 is 9.64 Å². The summed E-state index contributed by atoms with van der Waals surface area (Å²) in [6.07, 6.45) is -0.156. The zero-order valence-corrected chi connectivity index (χ0v) is 26.3. The summed E-state index contributed by atoms with van der Waals surface area (Å²) in [4.78, 5) is 32.6. The van der Waals surface area contributed by atoms with Gasteiger partial charge in [0.2, 0.25) is 0 Å². The maximum atomic E-state index is 14.5. The molecule has 2 fully saturated rings. The van der Waals surface area contributed by atoms with E-state index in [4.69, 9.17) is 22.9 Å². The minimum atomic E-state index is -4.25. The molecule has 14 heteroatoms. The zero-order chi connectivity index (χ0) is 31.3. The number of ether oxygens (including phenoxy) is 1. The van der Waals surface area contributed by atoms with Crippen molar-refractivity contribution in [3.05, 3.63) is 100 Å². The monoisotopic (exact) mass is 650 g/mol. The van der Waals surface area contributed by atoms with E-state index in [0.29, 0.717) is 35.4 Å². The van der Waals surface area contributed by atoms with Crippen LogP contribution in [0.4, 0.5) is 5.69 Å². The van der Waals surface area contributed by atoms with Gasteiger partial charge in [0.1, 0.15) is 11.9 Å². The summed E-state index contributed by atoms with van der Waals surface area (Å²) in [5, 5.41) is 2.37. The van der Waals surface area contributed by atoms with E-state index < -0.39 is 43.7 Å². The van der Waals surface area contributed by atoms with Crippen LogP contribution in [0, 0.1) is 0 Å². The van der Waals surface area contributed by atoms with Crippen LogP contribution < -0.4 is 9.04 Å². The fourth-order valence-electron chi connectivity index (χ4n) is 6.78. The second kappa shape index (κ2) is 11.3. The van der Waals surface area contributed by atoms with Gasteiger partial charge in [0, 0.05) is 24.4 Å². The molecule has 0 spiro atoms. The molecule has 3 heterocycles. The van der Waals surface area contributed by atoms with Crippen molar-refractivity contribution >= 4 is 52.8 Å². The number of methoxy groups -OCH3 is 1. The number of hydrogen-bond acceptors (Lipinski definition) is 8. The smallest absolute Gasteiger partial charge is 0.266 e. The van der Waals surface area contributed by atoms with Crippen molar-refractivity contribution in [3.8, 4) is 5.75 Å². The van der Waals surface area contributed by atoms with Gasteiger partial charge in [-0.1, -0.05) is 53.6 Å². The van der Waals surface area contributed by atoms with Crippen LogP contribution in [0.25, 0.3) is 10.4 Å². The minimum Gasteiger partial charge on any atom is -0.497 e. The standard InChI is InChI=1S/C30H30N6O5S3/c1-41-21-15-13-20(14-16-21)29-19-30(43)28(38)34(18-8-7-17-32-33-31)26(42)25(37)35(30)27(29)36(24-12-6-5-11-23(24)29)44(39,40)22-9-3-2-4-10-22/h2-6,9-16,26-27,42-43H,7-8,17-19H2,1H3/t26-,27-,29-,30-/m0/s1. The molecule has 6 rings (SSSR count). The Bertz CT molecular complexity index is 1770.